The van der Waals surface area contributed by atoms with Gasteiger partial charge in [-0.1, -0.05) is 0 Å². The Kier molecular flexibility index (Phi) is 4.96. The van der Waals surface area contributed by atoms with Crippen LogP contribution in [0.5, 0.6) is 0 Å². The third-order valence-electron chi connectivity index (χ3n) is 0.796. The van der Waals surface area contributed by atoms with Gasteiger partial charge in [0.2, 0.25) is 0 Å². The van der Waals surface area contributed by atoms with Crippen LogP contribution < -0.4 is 58.2 Å². The molecule has 0 fully saturated rings. The largest absolute Gasteiger partial charge is 1.00 e. The molecule has 0 bridgehead atoms. The molecule has 38 valence electrons. The Labute approximate surface area is 103 Å². The minimum atomic E-state index is 0. The zero-order valence-electron chi connectivity index (χ0n) is 5.27. The van der Waals surface area contributed by atoms with Gasteiger partial charge >= 0.3 is 58.2 Å². The Balaban J connectivity index is 0.000000490. The van der Waals surface area contributed by atoms with E-state index >= 15 is 0 Å². The number of rotatable bonds is 0. The van der Waals surface area contributed by atoms with Crippen molar-refractivity contribution in [3.05, 3.63) is 28.8 Å². The van der Waals surface area contributed by atoms with Gasteiger partial charge in [-0.25, -0.2) is 6.92 Å². The monoisotopic (exact) mass is 196 g/mol. The molecular formula is C6H7RbS. The molecule has 1 rings (SSSR count). The van der Waals surface area contributed by atoms with Crippen molar-refractivity contribution in [2.75, 3.05) is 0 Å². The van der Waals surface area contributed by atoms with Gasteiger partial charge in [-0.2, -0.15) is 17.4 Å². The molecule has 1 aromatic heterocycles. The van der Waals surface area contributed by atoms with E-state index < -0.39 is 0 Å². The average Bonchev–Trinajstić information content (AvgIpc) is 1.87. The summed E-state index contributed by atoms with van der Waals surface area (Å²) in [4.78, 5) is 2.49. The number of hydrogen-bond acceptors (Lipinski definition) is 1. The maximum atomic E-state index is 3.76. The van der Waals surface area contributed by atoms with E-state index in [2.05, 4.69) is 19.9 Å². The van der Waals surface area contributed by atoms with Crippen molar-refractivity contribution < 1.29 is 58.2 Å². The third-order valence-corrected chi connectivity index (χ3v) is 1.65. The maximum absolute atomic E-state index is 3.76. The minimum absolute atomic E-state index is 0. The topological polar surface area (TPSA) is 0 Å². The number of hydrogen-bond donors (Lipinski definition) is 0. The molecule has 0 aliphatic rings. The molecule has 0 saturated heterocycles. The summed E-state index contributed by atoms with van der Waals surface area (Å²) in [6.07, 6.45) is 0. The van der Waals surface area contributed by atoms with Crippen molar-refractivity contribution >= 4 is 11.3 Å². The van der Waals surface area contributed by atoms with Gasteiger partial charge in [0.05, 0.1) is 0 Å². The molecule has 0 nitrogen and oxygen atoms in total. The zero-order valence-corrected chi connectivity index (χ0v) is 11.0. The smallest absolute Gasteiger partial charge is 0.228 e. The van der Waals surface area contributed by atoms with Gasteiger partial charge in [-0.05, 0) is 11.8 Å². The van der Waals surface area contributed by atoms with Gasteiger partial charge < -0.3 is 0 Å². The van der Waals surface area contributed by atoms with E-state index in [1.165, 1.54) is 4.88 Å². The third kappa shape index (κ3) is 2.78. The molecule has 0 aliphatic heterocycles. The van der Waals surface area contributed by atoms with Crippen LogP contribution in [0.4, 0.5) is 0 Å². The normalized spacial score (nSPS) is 8.12. The summed E-state index contributed by atoms with van der Waals surface area (Å²) in [5.74, 6) is 0. The van der Waals surface area contributed by atoms with E-state index in [0.717, 1.165) is 4.88 Å². The fourth-order valence-corrected chi connectivity index (χ4v) is 1.17. The number of thiophene rings is 1. The van der Waals surface area contributed by atoms with E-state index in [-0.39, 0.29) is 58.2 Å². The summed E-state index contributed by atoms with van der Waals surface area (Å²) in [7, 11) is 0. The van der Waals surface area contributed by atoms with Gasteiger partial charge in [0, 0.05) is 0 Å². The van der Waals surface area contributed by atoms with E-state index in [1.807, 2.05) is 6.07 Å². The summed E-state index contributed by atoms with van der Waals surface area (Å²) in [6, 6.07) is 4.10. The van der Waals surface area contributed by atoms with Gasteiger partial charge in [0.1, 0.15) is 0 Å². The molecule has 0 aromatic carbocycles. The fraction of sp³-hybridized carbons (Fsp3) is 0.167. The molecule has 0 radical (unpaired) electrons. The van der Waals surface area contributed by atoms with E-state index in [4.69, 9.17) is 0 Å². The van der Waals surface area contributed by atoms with Crippen LogP contribution in [0.25, 0.3) is 0 Å². The van der Waals surface area contributed by atoms with Crippen molar-refractivity contribution in [2.45, 2.75) is 6.92 Å². The molecule has 0 saturated carbocycles. The summed E-state index contributed by atoms with van der Waals surface area (Å²) in [6.45, 7) is 5.84. The van der Waals surface area contributed by atoms with Gasteiger partial charge in [0.25, 0.3) is 0 Å². The molecular weight excluding hydrogens is 190 g/mol. The Morgan fingerprint density at radius 2 is 2.12 bits per heavy atom. The summed E-state index contributed by atoms with van der Waals surface area (Å²) < 4.78 is 0. The molecule has 0 N–H and O–H groups in total. The van der Waals surface area contributed by atoms with Crippen molar-refractivity contribution in [3.63, 3.8) is 0 Å². The van der Waals surface area contributed by atoms with Gasteiger partial charge in [0.15, 0.2) is 0 Å². The second-order valence-electron chi connectivity index (χ2n) is 1.51. The first-order valence-electron chi connectivity index (χ1n) is 2.17. The predicted octanol–water partition coefficient (Wildman–Crippen LogP) is -0.757. The summed E-state index contributed by atoms with van der Waals surface area (Å²) in [5, 5.41) is 0. The van der Waals surface area contributed by atoms with Crippen molar-refractivity contribution in [2.24, 2.45) is 0 Å². The molecule has 0 unspecified atom stereocenters. The van der Waals surface area contributed by atoms with Crippen LogP contribution in [-0.2, 0) is 0 Å². The Hall–Kier alpha value is 1.38. The number of aryl methyl sites for hydroxylation is 1. The van der Waals surface area contributed by atoms with Gasteiger partial charge in [-0.15, -0.1) is 10.9 Å². The summed E-state index contributed by atoms with van der Waals surface area (Å²) >= 11 is 1.73. The molecule has 1 aromatic rings. The standard InChI is InChI=1S/C6H7S.Rb/c1-5-3-4-6(2)7-5;/h3-4H,1H2,2H3;/q-1;+1. The second-order valence-corrected chi connectivity index (χ2v) is 2.88. The van der Waals surface area contributed by atoms with Crippen LogP contribution in [0.1, 0.15) is 9.75 Å². The fourth-order valence-electron chi connectivity index (χ4n) is 0.485. The molecule has 0 spiro atoms. The van der Waals surface area contributed by atoms with Crippen LogP contribution in [0, 0.1) is 13.8 Å². The van der Waals surface area contributed by atoms with Crippen LogP contribution in [0.15, 0.2) is 12.1 Å². The van der Waals surface area contributed by atoms with E-state index in [0.29, 0.717) is 0 Å². The van der Waals surface area contributed by atoms with Crippen LogP contribution in [-0.4, -0.2) is 0 Å². The first kappa shape index (κ1) is 9.38. The Morgan fingerprint density at radius 3 is 2.25 bits per heavy atom. The van der Waals surface area contributed by atoms with E-state index in [1.54, 1.807) is 11.3 Å². The van der Waals surface area contributed by atoms with Crippen molar-refractivity contribution in [3.8, 4) is 0 Å². The summed E-state index contributed by atoms with van der Waals surface area (Å²) in [5.41, 5.74) is 0. The minimum Gasteiger partial charge on any atom is -0.228 e. The Morgan fingerprint density at radius 1 is 1.50 bits per heavy atom. The zero-order chi connectivity index (χ0) is 5.28. The molecule has 0 atom stereocenters. The maximum Gasteiger partial charge on any atom is 1.00 e. The molecule has 8 heavy (non-hydrogen) atoms. The SMILES string of the molecule is [CH2-]c1ccc(C)s1.[Rb+]. The second kappa shape index (κ2) is 4.23. The Bertz CT molecular complexity index is 141. The predicted molar refractivity (Wildman–Crippen MR) is 33.5 cm³/mol. The quantitative estimate of drug-likeness (QED) is 0.479. The van der Waals surface area contributed by atoms with Gasteiger partial charge in [-0.3, -0.25) is 0 Å². The molecule has 2 heteroatoms. The van der Waals surface area contributed by atoms with Crippen LogP contribution in [0.2, 0.25) is 0 Å². The van der Waals surface area contributed by atoms with E-state index in [9.17, 15) is 0 Å². The average molecular weight is 197 g/mol. The molecule has 1 heterocycles. The van der Waals surface area contributed by atoms with Crippen molar-refractivity contribution in [1.82, 2.24) is 0 Å². The van der Waals surface area contributed by atoms with Crippen LogP contribution in [0.3, 0.4) is 0 Å². The first-order valence-corrected chi connectivity index (χ1v) is 2.99. The van der Waals surface area contributed by atoms with Crippen molar-refractivity contribution in [1.29, 1.82) is 0 Å². The molecule has 0 aliphatic carbocycles. The van der Waals surface area contributed by atoms with Crippen LogP contribution >= 0.6 is 11.3 Å². The molecule has 0 amide bonds. The first-order chi connectivity index (χ1) is 3.29.